The summed E-state index contributed by atoms with van der Waals surface area (Å²) in [6.07, 6.45) is 0.435. The number of thiol groups is 1. The van der Waals surface area contributed by atoms with Crippen LogP contribution in [0.5, 0.6) is 0 Å². The lowest BCUT2D eigenvalue weighted by molar-refractivity contribution is -0.153. The van der Waals surface area contributed by atoms with Crippen LogP contribution < -0.4 is 0 Å². The third-order valence-electron chi connectivity index (χ3n) is 3.96. The van der Waals surface area contributed by atoms with Crippen molar-refractivity contribution in [3.05, 3.63) is 0 Å². The van der Waals surface area contributed by atoms with Crippen LogP contribution in [0.4, 0.5) is 4.79 Å². The van der Waals surface area contributed by atoms with Crippen molar-refractivity contribution in [2.24, 2.45) is 11.8 Å². The molecule has 1 aliphatic carbocycles. The normalized spacial score (nSPS) is 32.0. The standard InChI is InChI=1S/C12H19NO5S/c14-9(5-6-19)13-10(15)7-3-1-2-4-8(7)11(13)18-12(16)17/h7-9,11,14,19H,1-6H2,(H,16,17). The lowest BCUT2D eigenvalue weighted by Crippen LogP contribution is -2.45. The van der Waals surface area contributed by atoms with E-state index in [0.717, 1.165) is 25.7 Å². The first-order valence-corrected chi connectivity index (χ1v) is 7.20. The van der Waals surface area contributed by atoms with Crippen molar-refractivity contribution in [2.75, 3.05) is 5.75 Å². The minimum atomic E-state index is -1.41. The number of carbonyl (C=O) groups is 2. The van der Waals surface area contributed by atoms with Crippen molar-refractivity contribution in [1.82, 2.24) is 4.90 Å². The summed E-state index contributed by atoms with van der Waals surface area (Å²) in [4.78, 5) is 24.3. The molecule has 2 fully saturated rings. The summed E-state index contributed by atoms with van der Waals surface area (Å²) >= 11 is 4.03. The van der Waals surface area contributed by atoms with Gasteiger partial charge in [-0.1, -0.05) is 12.8 Å². The number of nitrogens with zero attached hydrogens (tertiary/aromatic N) is 1. The summed E-state index contributed by atoms with van der Waals surface area (Å²) in [6, 6.07) is 0. The van der Waals surface area contributed by atoms with Crippen LogP contribution in [0.3, 0.4) is 0 Å². The number of ether oxygens (including phenoxy) is 1. The molecular formula is C12H19NO5S. The Morgan fingerprint density at radius 3 is 2.79 bits per heavy atom. The molecule has 0 spiro atoms. The third kappa shape index (κ3) is 2.81. The fourth-order valence-corrected chi connectivity index (χ4v) is 3.38. The zero-order chi connectivity index (χ0) is 14.0. The average Bonchev–Trinajstić information content (AvgIpc) is 2.63. The number of hydrogen-bond acceptors (Lipinski definition) is 5. The van der Waals surface area contributed by atoms with Crippen LogP contribution in [0.15, 0.2) is 0 Å². The fraction of sp³-hybridized carbons (Fsp3) is 0.833. The predicted octanol–water partition coefficient (Wildman–Crippen LogP) is 1.29. The highest BCUT2D eigenvalue weighted by molar-refractivity contribution is 7.80. The Labute approximate surface area is 117 Å². The Morgan fingerprint density at radius 2 is 2.16 bits per heavy atom. The van der Waals surface area contributed by atoms with Gasteiger partial charge in [-0.05, 0) is 18.6 Å². The van der Waals surface area contributed by atoms with Crippen molar-refractivity contribution in [3.8, 4) is 0 Å². The van der Waals surface area contributed by atoms with Crippen LogP contribution in [-0.2, 0) is 9.53 Å². The largest absolute Gasteiger partial charge is 0.507 e. The van der Waals surface area contributed by atoms with Gasteiger partial charge in [-0.25, -0.2) is 4.79 Å². The molecule has 108 valence electrons. The van der Waals surface area contributed by atoms with Gasteiger partial charge in [0, 0.05) is 18.3 Å². The van der Waals surface area contributed by atoms with E-state index in [1.165, 1.54) is 4.90 Å². The highest BCUT2D eigenvalue weighted by atomic mass is 32.1. The number of amides is 1. The fourth-order valence-electron chi connectivity index (χ4n) is 3.15. The first-order chi connectivity index (χ1) is 9.06. The molecule has 1 saturated heterocycles. The first-order valence-electron chi connectivity index (χ1n) is 6.57. The number of fused-ring (bicyclic) bond motifs is 1. The highest BCUT2D eigenvalue weighted by Gasteiger charge is 2.52. The van der Waals surface area contributed by atoms with Crippen LogP contribution in [0, 0.1) is 11.8 Å². The third-order valence-corrected chi connectivity index (χ3v) is 4.22. The molecule has 1 saturated carbocycles. The number of hydrogen-bond donors (Lipinski definition) is 3. The zero-order valence-electron chi connectivity index (χ0n) is 10.6. The van der Waals surface area contributed by atoms with Crippen LogP contribution in [0.2, 0.25) is 0 Å². The molecule has 2 rings (SSSR count). The summed E-state index contributed by atoms with van der Waals surface area (Å²) in [7, 11) is 0. The molecule has 0 aromatic heterocycles. The van der Waals surface area contributed by atoms with Gasteiger partial charge in [0.15, 0.2) is 6.23 Å². The molecule has 1 heterocycles. The number of likely N-dealkylation sites (tertiary alicyclic amines) is 1. The summed E-state index contributed by atoms with van der Waals surface area (Å²) < 4.78 is 4.87. The molecule has 0 bridgehead atoms. The van der Waals surface area contributed by atoms with Crippen molar-refractivity contribution in [1.29, 1.82) is 0 Å². The van der Waals surface area contributed by atoms with E-state index < -0.39 is 18.6 Å². The van der Waals surface area contributed by atoms with Crippen LogP contribution in [0.25, 0.3) is 0 Å². The summed E-state index contributed by atoms with van der Waals surface area (Å²) in [6.45, 7) is 0. The van der Waals surface area contributed by atoms with Gasteiger partial charge in [-0.15, -0.1) is 0 Å². The maximum absolute atomic E-state index is 12.3. The van der Waals surface area contributed by atoms with E-state index in [4.69, 9.17) is 9.84 Å². The van der Waals surface area contributed by atoms with Crippen LogP contribution >= 0.6 is 12.6 Å². The van der Waals surface area contributed by atoms with E-state index in [-0.39, 0.29) is 17.7 Å². The number of carbonyl (C=O) groups excluding carboxylic acids is 1. The Balaban J connectivity index is 2.21. The Hall–Kier alpha value is -0.950. The number of carboxylic acid groups (broad SMARTS) is 1. The smallest absolute Gasteiger partial charge is 0.450 e. The SMILES string of the molecule is O=C(O)OC1C2CCCCC2C(=O)N1C(O)CCS. The molecule has 7 heteroatoms. The minimum Gasteiger partial charge on any atom is -0.450 e. The number of rotatable bonds is 4. The molecule has 0 radical (unpaired) electrons. The van der Waals surface area contributed by atoms with Gasteiger partial charge in [-0.3, -0.25) is 9.69 Å². The van der Waals surface area contributed by atoms with Gasteiger partial charge in [0.25, 0.3) is 0 Å². The summed E-state index contributed by atoms with van der Waals surface area (Å²) in [5.41, 5.74) is 0. The van der Waals surface area contributed by atoms with E-state index in [1.807, 2.05) is 0 Å². The highest BCUT2D eigenvalue weighted by Crippen LogP contribution is 2.42. The average molecular weight is 289 g/mol. The molecule has 4 atom stereocenters. The molecular weight excluding hydrogens is 270 g/mol. The van der Waals surface area contributed by atoms with Gasteiger partial charge in [-0.2, -0.15) is 12.6 Å². The Bertz CT molecular complexity index is 364. The van der Waals surface area contributed by atoms with E-state index in [2.05, 4.69) is 12.6 Å². The van der Waals surface area contributed by atoms with Gasteiger partial charge in [0.05, 0.1) is 0 Å². The molecule has 0 aromatic carbocycles. The molecule has 1 aliphatic heterocycles. The summed E-state index contributed by atoms with van der Waals surface area (Å²) in [5.74, 6) is -0.120. The van der Waals surface area contributed by atoms with Crippen LogP contribution in [-0.4, -0.2) is 45.4 Å². The van der Waals surface area contributed by atoms with E-state index >= 15 is 0 Å². The minimum absolute atomic E-state index is 0.132. The summed E-state index contributed by atoms with van der Waals surface area (Å²) in [5, 5.41) is 18.9. The van der Waals surface area contributed by atoms with Crippen molar-refractivity contribution < 1.29 is 24.5 Å². The van der Waals surface area contributed by atoms with Gasteiger partial charge in [0.1, 0.15) is 6.23 Å². The zero-order valence-corrected chi connectivity index (χ0v) is 11.5. The second-order valence-corrected chi connectivity index (χ2v) is 5.51. The maximum Gasteiger partial charge on any atom is 0.507 e. The van der Waals surface area contributed by atoms with Gasteiger partial charge in [0.2, 0.25) is 5.91 Å². The topological polar surface area (TPSA) is 87.1 Å². The Kier molecular flexibility index (Phi) is 4.57. The predicted molar refractivity (Wildman–Crippen MR) is 69.7 cm³/mol. The van der Waals surface area contributed by atoms with Crippen molar-refractivity contribution in [3.63, 3.8) is 0 Å². The van der Waals surface area contributed by atoms with E-state index in [1.54, 1.807) is 0 Å². The van der Waals surface area contributed by atoms with Gasteiger partial charge < -0.3 is 14.9 Å². The second-order valence-electron chi connectivity index (χ2n) is 5.07. The molecule has 2 aliphatic rings. The first kappa shape index (κ1) is 14.5. The number of aliphatic hydroxyl groups is 1. The molecule has 6 nitrogen and oxygen atoms in total. The lowest BCUT2D eigenvalue weighted by Gasteiger charge is -2.30. The van der Waals surface area contributed by atoms with Gasteiger partial charge >= 0.3 is 6.16 Å². The Morgan fingerprint density at radius 1 is 1.47 bits per heavy atom. The second kappa shape index (κ2) is 6.00. The lowest BCUT2D eigenvalue weighted by atomic mass is 9.81. The van der Waals surface area contributed by atoms with Crippen molar-refractivity contribution >= 4 is 24.7 Å². The van der Waals surface area contributed by atoms with Crippen molar-refractivity contribution in [2.45, 2.75) is 44.6 Å². The quantitative estimate of drug-likeness (QED) is 0.536. The molecule has 1 amide bonds. The van der Waals surface area contributed by atoms with E-state index in [0.29, 0.717) is 12.2 Å². The molecule has 2 N–H and O–H groups in total. The maximum atomic E-state index is 12.3. The number of aliphatic hydroxyl groups excluding tert-OH is 1. The molecule has 19 heavy (non-hydrogen) atoms. The molecule has 4 unspecified atom stereocenters. The monoisotopic (exact) mass is 289 g/mol. The van der Waals surface area contributed by atoms with Crippen LogP contribution in [0.1, 0.15) is 32.1 Å². The van der Waals surface area contributed by atoms with E-state index in [9.17, 15) is 14.7 Å². The molecule has 0 aromatic rings.